The van der Waals surface area contributed by atoms with Gasteiger partial charge >= 0.3 is 0 Å². The Kier molecular flexibility index (Phi) is 6.92. The largest absolute Gasteiger partial charge is 0.395 e. The van der Waals surface area contributed by atoms with Crippen LogP contribution in [0, 0.1) is 13.8 Å². The molecule has 0 spiro atoms. The number of hydrogen-bond donors (Lipinski definition) is 3. The van der Waals surface area contributed by atoms with Crippen LogP contribution in [0.2, 0.25) is 0 Å². The van der Waals surface area contributed by atoms with Gasteiger partial charge in [-0.3, -0.25) is 4.79 Å². The molecule has 0 aliphatic heterocycles. The zero-order valence-electron chi connectivity index (χ0n) is 14.9. The number of pyridine rings is 1. The zero-order chi connectivity index (χ0) is 18.4. The SMILES string of the molecule is COCCNC(=S)N(CCO)Cc1cc2c(C)ccc(C)c2[nH]c1=O. The first kappa shape index (κ1) is 19.4. The maximum atomic E-state index is 12.5. The number of ether oxygens (including phenoxy) is 1. The van der Waals surface area contributed by atoms with E-state index in [-0.39, 0.29) is 12.2 Å². The van der Waals surface area contributed by atoms with Crippen LogP contribution in [0.1, 0.15) is 16.7 Å². The Morgan fingerprint density at radius 1 is 1.36 bits per heavy atom. The van der Waals surface area contributed by atoms with Crippen LogP contribution in [0.25, 0.3) is 10.9 Å². The van der Waals surface area contributed by atoms with Crippen LogP contribution >= 0.6 is 12.2 Å². The van der Waals surface area contributed by atoms with Crippen molar-refractivity contribution in [3.63, 3.8) is 0 Å². The van der Waals surface area contributed by atoms with Crippen molar-refractivity contribution in [2.24, 2.45) is 0 Å². The Morgan fingerprint density at radius 3 is 2.76 bits per heavy atom. The second-order valence-corrected chi connectivity index (χ2v) is 6.37. The minimum Gasteiger partial charge on any atom is -0.395 e. The quantitative estimate of drug-likeness (QED) is 0.511. The van der Waals surface area contributed by atoms with Gasteiger partial charge in [0.1, 0.15) is 0 Å². The number of hydrogen-bond acceptors (Lipinski definition) is 4. The summed E-state index contributed by atoms with van der Waals surface area (Å²) < 4.78 is 5.00. The summed E-state index contributed by atoms with van der Waals surface area (Å²) in [5.41, 5.74) is 3.48. The van der Waals surface area contributed by atoms with Crippen molar-refractivity contribution in [2.45, 2.75) is 20.4 Å². The molecule has 0 bridgehead atoms. The van der Waals surface area contributed by atoms with Crippen molar-refractivity contribution in [1.29, 1.82) is 0 Å². The molecule has 0 saturated carbocycles. The van der Waals surface area contributed by atoms with E-state index in [9.17, 15) is 9.90 Å². The number of aliphatic hydroxyl groups is 1. The van der Waals surface area contributed by atoms with Gasteiger partial charge in [0.25, 0.3) is 5.56 Å². The highest BCUT2D eigenvalue weighted by Gasteiger charge is 2.13. The van der Waals surface area contributed by atoms with E-state index < -0.39 is 0 Å². The standard InChI is InChI=1S/C18H25N3O3S/c1-12-4-5-13(2)16-15(12)10-14(17(23)20-16)11-21(7-8-22)18(25)19-6-9-24-3/h4-5,10,22H,6-9,11H2,1-3H3,(H,19,25)(H,20,23). The summed E-state index contributed by atoms with van der Waals surface area (Å²) in [6, 6.07) is 5.96. The third-order valence-electron chi connectivity index (χ3n) is 4.12. The number of H-pyrrole nitrogens is 1. The number of aromatic amines is 1. The normalized spacial score (nSPS) is 10.9. The Hall–Kier alpha value is -1.96. The molecule has 25 heavy (non-hydrogen) atoms. The molecule has 0 saturated heterocycles. The average molecular weight is 363 g/mol. The summed E-state index contributed by atoms with van der Waals surface area (Å²) in [6.45, 7) is 5.74. The van der Waals surface area contributed by atoms with Crippen LogP contribution < -0.4 is 10.9 Å². The molecule has 136 valence electrons. The first-order valence-corrected chi connectivity index (χ1v) is 8.63. The minimum atomic E-state index is -0.135. The van der Waals surface area contributed by atoms with Crippen LogP contribution in [0.3, 0.4) is 0 Å². The predicted octanol–water partition coefficient (Wildman–Crippen LogP) is 1.46. The van der Waals surface area contributed by atoms with E-state index in [0.717, 1.165) is 22.0 Å². The summed E-state index contributed by atoms with van der Waals surface area (Å²) in [5, 5.41) is 13.9. The Morgan fingerprint density at radius 2 is 2.08 bits per heavy atom. The van der Waals surface area contributed by atoms with E-state index in [1.165, 1.54) is 0 Å². The fraction of sp³-hybridized carbons (Fsp3) is 0.444. The smallest absolute Gasteiger partial charge is 0.253 e. The number of aryl methyl sites for hydroxylation is 2. The highest BCUT2D eigenvalue weighted by atomic mass is 32.1. The molecule has 1 aromatic carbocycles. The van der Waals surface area contributed by atoms with Gasteiger partial charge in [0, 0.05) is 31.1 Å². The van der Waals surface area contributed by atoms with E-state index >= 15 is 0 Å². The number of fused-ring (bicyclic) bond motifs is 1. The molecule has 0 amide bonds. The summed E-state index contributed by atoms with van der Waals surface area (Å²) >= 11 is 5.38. The van der Waals surface area contributed by atoms with Gasteiger partial charge in [0.05, 0.1) is 25.3 Å². The number of rotatable bonds is 7. The van der Waals surface area contributed by atoms with Crippen LogP contribution in [0.5, 0.6) is 0 Å². The zero-order valence-corrected chi connectivity index (χ0v) is 15.7. The third-order valence-corrected chi connectivity index (χ3v) is 4.52. The number of benzene rings is 1. The second kappa shape index (κ2) is 8.94. The van der Waals surface area contributed by atoms with Gasteiger partial charge in [-0.25, -0.2) is 0 Å². The summed E-state index contributed by atoms with van der Waals surface area (Å²) in [4.78, 5) is 17.3. The molecule has 2 aromatic rings. The van der Waals surface area contributed by atoms with E-state index in [1.54, 1.807) is 12.0 Å². The lowest BCUT2D eigenvalue weighted by atomic mass is 10.0. The Balaban J connectivity index is 2.29. The van der Waals surface area contributed by atoms with Crippen LogP contribution in [0.4, 0.5) is 0 Å². The van der Waals surface area contributed by atoms with Crippen molar-refractivity contribution >= 4 is 28.2 Å². The summed E-state index contributed by atoms with van der Waals surface area (Å²) in [7, 11) is 1.62. The number of aliphatic hydroxyl groups excluding tert-OH is 1. The summed E-state index contributed by atoms with van der Waals surface area (Å²) in [5.74, 6) is 0. The molecular weight excluding hydrogens is 338 g/mol. The van der Waals surface area contributed by atoms with Gasteiger partial charge in [-0.1, -0.05) is 12.1 Å². The Labute approximate surface area is 152 Å². The molecular formula is C18H25N3O3S. The van der Waals surface area contributed by atoms with Gasteiger partial charge in [-0.2, -0.15) is 0 Å². The number of thiocarbonyl (C=S) groups is 1. The van der Waals surface area contributed by atoms with Crippen LogP contribution in [-0.2, 0) is 11.3 Å². The first-order chi connectivity index (χ1) is 12.0. The first-order valence-electron chi connectivity index (χ1n) is 8.22. The molecule has 2 rings (SSSR count). The van der Waals surface area contributed by atoms with Crippen molar-refractivity contribution in [3.8, 4) is 0 Å². The Bertz CT molecular complexity index is 804. The van der Waals surface area contributed by atoms with Crippen LogP contribution in [0.15, 0.2) is 23.0 Å². The number of methoxy groups -OCH3 is 1. The molecule has 0 aliphatic carbocycles. The molecule has 0 aliphatic rings. The van der Waals surface area contributed by atoms with E-state index in [0.29, 0.717) is 36.9 Å². The van der Waals surface area contributed by atoms with Crippen LogP contribution in [-0.4, -0.2) is 53.5 Å². The van der Waals surface area contributed by atoms with Crippen molar-refractivity contribution in [1.82, 2.24) is 15.2 Å². The van der Waals surface area contributed by atoms with Gasteiger partial charge in [-0.15, -0.1) is 0 Å². The van der Waals surface area contributed by atoms with Crippen molar-refractivity contribution < 1.29 is 9.84 Å². The van der Waals surface area contributed by atoms with E-state index in [2.05, 4.69) is 10.3 Å². The molecule has 1 heterocycles. The maximum absolute atomic E-state index is 12.5. The number of nitrogens with one attached hydrogen (secondary N) is 2. The lowest BCUT2D eigenvalue weighted by Crippen LogP contribution is -2.42. The maximum Gasteiger partial charge on any atom is 0.253 e. The lowest BCUT2D eigenvalue weighted by Gasteiger charge is -2.25. The lowest BCUT2D eigenvalue weighted by molar-refractivity contribution is 0.201. The van der Waals surface area contributed by atoms with Gasteiger partial charge in [-0.05, 0) is 43.3 Å². The fourth-order valence-electron chi connectivity index (χ4n) is 2.69. The highest BCUT2D eigenvalue weighted by molar-refractivity contribution is 7.80. The van der Waals surface area contributed by atoms with E-state index in [1.807, 2.05) is 32.0 Å². The molecule has 6 nitrogen and oxygen atoms in total. The molecule has 0 atom stereocenters. The molecule has 1 aromatic heterocycles. The van der Waals surface area contributed by atoms with Crippen molar-refractivity contribution in [3.05, 3.63) is 45.2 Å². The summed E-state index contributed by atoms with van der Waals surface area (Å²) in [6.07, 6.45) is 0. The monoisotopic (exact) mass is 363 g/mol. The highest BCUT2D eigenvalue weighted by Crippen LogP contribution is 2.20. The minimum absolute atomic E-state index is 0.0459. The predicted molar refractivity (Wildman–Crippen MR) is 104 cm³/mol. The van der Waals surface area contributed by atoms with Gasteiger partial charge in [0.2, 0.25) is 0 Å². The van der Waals surface area contributed by atoms with Gasteiger partial charge in [0.15, 0.2) is 5.11 Å². The molecule has 7 heteroatoms. The average Bonchev–Trinajstić information content (AvgIpc) is 2.59. The topological polar surface area (TPSA) is 77.6 Å². The third kappa shape index (κ3) is 4.78. The van der Waals surface area contributed by atoms with Crippen molar-refractivity contribution in [2.75, 3.05) is 33.4 Å². The molecule has 0 radical (unpaired) electrons. The molecule has 3 N–H and O–H groups in total. The molecule has 0 unspecified atom stereocenters. The number of nitrogens with zero attached hydrogens (tertiary/aromatic N) is 1. The number of aromatic nitrogens is 1. The van der Waals surface area contributed by atoms with E-state index in [4.69, 9.17) is 17.0 Å². The van der Waals surface area contributed by atoms with Gasteiger partial charge < -0.3 is 25.0 Å². The fourth-order valence-corrected chi connectivity index (χ4v) is 2.94. The molecule has 0 fully saturated rings. The second-order valence-electron chi connectivity index (χ2n) is 5.98.